The van der Waals surface area contributed by atoms with Crippen molar-refractivity contribution >= 4 is 39.1 Å². The first-order chi connectivity index (χ1) is 7.25. The Morgan fingerprint density at radius 1 is 1.33 bits per heavy atom. The van der Waals surface area contributed by atoms with E-state index in [2.05, 4.69) is 15.9 Å². The molecule has 0 aromatic carbocycles. The van der Waals surface area contributed by atoms with Crippen molar-refractivity contribution < 1.29 is 4.79 Å². The summed E-state index contributed by atoms with van der Waals surface area (Å²) in [7, 11) is 0. The van der Waals surface area contributed by atoms with Gasteiger partial charge in [0.05, 0.1) is 5.92 Å². The van der Waals surface area contributed by atoms with Crippen LogP contribution >= 0.6 is 27.3 Å². The molecule has 3 heteroatoms. The molecular weight excluding hydrogens is 272 g/mol. The highest BCUT2D eigenvalue weighted by atomic mass is 79.9. The second-order valence-corrected chi connectivity index (χ2v) is 4.90. The Hall–Kier alpha value is -0.410. The Balaban J connectivity index is 1.95. The van der Waals surface area contributed by atoms with Gasteiger partial charge < -0.3 is 0 Å². The second kappa shape index (κ2) is 5.08. The third-order valence-corrected chi connectivity index (χ3v) is 3.59. The fraction of sp³-hybridized carbons (Fsp3) is 0. The summed E-state index contributed by atoms with van der Waals surface area (Å²) in [4.78, 5) is 12.7. The maximum atomic E-state index is 11.6. The SMILES string of the molecule is O=C(/C=C/c1cc(Br)cs1)[C]1[CH][CH][CH][CH]1. The first-order valence-corrected chi connectivity index (χ1v) is 6.11. The fourth-order valence-corrected chi connectivity index (χ4v) is 2.54. The Bertz CT molecular complexity index is 375. The van der Waals surface area contributed by atoms with Crippen molar-refractivity contribution in [1.29, 1.82) is 0 Å². The molecule has 1 aromatic heterocycles. The number of carbonyl (C=O) groups excluding carboxylic acids is 1. The first-order valence-electron chi connectivity index (χ1n) is 4.44. The maximum Gasteiger partial charge on any atom is 0.163 e. The number of rotatable bonds is 3. The van der Waals surface area contributed by atoms with E-state index >= 15 is 0 Å². The quantitative estimate of drug-likeness (QED) is 0.774. The van der Waals surface area contributed by atoms with Gasteiger partial charge in [-0.05, 0) is 59.8 Å². The number of hydrogen-bond donors (Lipinski definition) is 0. The Morgan fingerprint density at radius 2 is 2.07 bits per heavy atom. The second-order valence-electron chi connectivity index (χ2n) is 3.04. The number of carbonyl (C=O) groups is 1. The molecule has 15 heavy (non-hydrogen) atoms. The van der Waals surface area contributed by atoms with Crippen LogP contribution in [0.5, 0.6) is 0 Å². The molecule has 75 valence electrons. The van der Waals surface area contributed by atoms with Crippen molar-refractivity contribution in [2.45, 2.75) is 0 Å². The van der Waals surface area contributed by atoms with Crippen molar-refractivity contribution in [1.82, 2.24) is 0 Å². The molecule has 1 saturated carbocycles. The summed E-state index contributed by atoms with van der Waals surface area (Å²) in [5.41, 5.74) is 0. The minimum atomic E-state index is 0.0459. The van der Waals surface area contributed by atoms with Gasteiger partial charge in [-0.15, -0.1) is 11.3 Å². The average Bonchev–Trinajstić information content (AvgIpc) is 2.84. The van der Waals surface area contributed by atoms with E-state index in [-0.39, 0.29) is 5.78 Å². The van der Waals surface area contributed by atoms with Gasteiger partial charge in [0.1, 0.15) is 0 Å². The summed E-state index contributed by atoms with van der Waals surface area (Å²) in [6.07, 6.45) is 10.8. The lowest BCUT2D eigenvalue weighted by Gasteiger charge is -1.99. The zero-order valence-corrected chi connectivity index (χ0v) is 10.2. The topological polar surface area (TPSA) is 17.1 Å². The molecule has 0 saturated heterocycles. The Kier molecular flexibility index (Phi) is 3.76. The lowest BCUT2D eigenvalue weighted by molar-refractivity contribution is -0.112. The summed E-state index contributed by atoms with van der Waals surface area (Å²) in [6, 6.07) is 1.99. The van der Waals surface area contributed by atoms with Crippen LogP contribution < -0.4 is 0 Å². The predicted molar refractivity (Wildman–Crippen MR) is 66.5 cm³/mol. The summed E-state index contributed by atoms with van der Waals surface area (Å²) >= 11 is 4.97. The molecule has 0 aliphatic heterocycles. The van der Waals surface area contributed by atoms with Crippen molar-refractivity contribution in [2.24, 2.45) is 0 Å². The molecular formula is C12H8BrOS. The highest BCUT2D eigenvalue weighted by Crippen LogP contribution is 2.25. The lowest BCUT2D eigenvalue weighted by Crippen LogP contribution is -2.05. The number of halogens is 1. The zero-order valence-electron chi connectivity index (χ0n) is 7.81. The van der Waals surface area contributed by atoms with Crippen LogP contribution in [-0.2, 0) is 4.79 Å². The van der Waals surface area contributed by atoms with E-state index in [1.807, 2.05) is 43.2 Å². The summed E-state index contributed by atoms with van der Waals surface area (Å²) < 4.78 is 1.05. The van der Waals surface area contributed by atoms with Crippen molar-refractivity contribution in [3.8, 4) is 0 Å². The van der Waals surface area contributed by atoms with Crippen molar-refractivity contribution in [2.75, 3.05) is 0 Å². The largest absolute Gasteiger partial charge is 0.294 e. The van der Waals surface area contributed by atoms with Gasteiger partial charge in [-0.1, -0.05) is 0 Å². The predicted octanol–water partition coefficient (Wildman–Crippen LogP) is 3.50. The van der Waals surface area contributed by atoms with E-state index in [4.69, 9.17) is 0 Å². The number of allylic oxidation sites excluding steroid dienone is 1. The highest BCUT2D eigenvalue weighted by Gasteiger charge is 2.22. The molecule has 0 unspecified atom stereocenters. The third kappa shape index (κ3) is 3.02. The van der Waals surface area contributed by atoms with Crippen molar-refractivity contribution in [3.05, 3.63) is 58.5 Å². The minimum absolute atomic E-state index is 0.0459. The van der Waals surface area contributed by atoms with Gasteiger partial charge in [0, 0.05) is 14.7 Å². The molecule has 0 N–H and O–H groups in total. The lowest BCUT2D eigenvalue weighted by atomic mass is 10.0. The van der Waals surface area contributed by atoms with E-state index in [1.165, 1.54) is 0 Å². The monoisotopic (exact) mass is 279 g/mol. The van der Waals surface area contributed by atoms with E-state index in [0.29, 0.717) is 0 Å². The number of ketones is 1. The molecule has 1 aliphatic rings. The van der Waals surface area contributed by atoms with Crippen LogP contribution in [0.3, 0.4) is 0 Å². The van der Waals surface area contributed by atoms with Crippen LogP contribution in [0.2, 0.25) is 0 Å². The van der Waals surface area contributed by atoms with Gasteiger partial charge >= 0.3 is 0 Å². The summed E-state index contributed by atoms with van der Waals surface area (Å²) in [6.45, 7) is 0. The normalized spacial score (nSPS) is 17.7. The van der Waals surface area contributed by atoms with Crippen LogP contribution in [0, 0.1) is 31.6 Å². The maximum absolute atomic E-state index is 11.6. The van der Waals surface area contributed by atoms with Gasteiger partial charge in [-0.2, -0.15) is 0 Å². The average molecular weight is 280 g/mol. The smallest absolute Gasteiger partial charge is 0.163 e. The Morgan fingerprint density at radius 3 is 2.67 bits per heavy atom. The van der Waals surface area contributed by atoms with Crippen LogP contribution in [-0.4, -0.2) is 5.78 Å². The molecule has 1 aromatic rings. The van der Waals surface area contributed by atoms with Gasteiger partial charge in [0.2, 0.25) is 0 Å². The van der Waals surface area contributed by atoms with Crippen LogP contribution in [0.1, 0.15) is 4.88 Å². The van der Waals surface area contributed by atoms with E-state index in [9.17, 15) is 4.79 Å². The number of hydrogen-bond acceptors (Lipinski definition) is 2. The molecule has 5 radical (unpaired) electrons. The highest BCUT2D eigenvalue weighted by molar-refractivity contribution is 9.10. The molecule has 1 nitrogen and oxygen atoms in total. The van der Waals surface area contributed by atoms with Crippen LogP contribution in [0.25, 0.3) is 6.08 Å². The molecule has 2 rings (SSSR count). The molecule has 1 aliphatic carbocycles. The van der Waals surface area contributed by atoms with Crippen molar-refractivity contribution in [3.63, 3.8) is 0 Å². The van der Waals surface area contributed by atoms with Gasteiger partial charge in [-0.25, -0.2) is 0 Å². The van der Waals surface area contributed by atoms with Crippen LogP contribution in [0.15, 0.2) is 22.0 Å². The Labute approximate surface area is 102 Å². The van der Waals surface area contributed by atoms with Gasteiger partial charge in [-0.3, -0.25) is 4.79 Å². The zero-order chi connectivity index (χ0) is 10.7. The van der Waals surface area contributed by atoms with E-state index in [0.717, 1.165) is 15.3 Å². The molecule has 0 amide bonds. The fourth-order valence-electron chi connectivity index (χ4n) is 1.21. The standard InChI is InChI=1S/C12H8BrOS/c13-10-7-11(15-8-10)5-6-12(14)9-3-1-2-4-9/h1-8H/b6-5+. The minimum Gasteiger partial charge on any atom is -0.294 e. The van der Waals surface area contributed by atoms with Crippen LogP contribution in [0.4, 0.5) is 0 Å². The molecule has 0 bridgehead atoms. The first kappa shape index (κ1) is 11.1. The molecule has 1 heterocycles. The molecule has 0 atom stereocenters. The summed E-state index contributed by atoms with van der Waals surface area (Å²) in [5, 5.41) is 1.99. The third-order valence-electron chi connectivity index (χ3n) is 1.93. The number of thiophene rings is 1. The van der Waals surface area contributed by atoms with Gasteiger partial charge in [0.25, 0.3) is 0 Å². The molecule has 0 spiro atoms. The van der Waals surface area contributed by atoms with Gasteiger partial charge in [0.15, 0.2) is 5.78 Å². The summed E-state index contributed by atoms with van der Waals surface area (Å²) in [5.74, 6) is 0.784. The molecule has 1 fully saturated rings. The van der Waals surface area contributed by atoms with E-state index < -0.39 is 0 Å². The van der Waals surface area contributed by atoms with E-state index in [1.54, 1.807) is 17.4 Å².